The zero-order chi connectivity index (χ0) is 12.1. The van der Waals surface area contributed by atoms with Gasteiger partial charge in [-0.05, 0) is 31.6 Å². The van der Waals surface area contributed by atoms with Crippen molar-refractivity contribution in [3.63, 3.8) is 0 Å². The lowest BCUT2D eigenvalue weighted by molar-refractivity contribution is -0.0551. The molecule has 2 aliphatic rings. The summed E-state index contributed by atoms with van der Waals surface area (Å²) in [4.78, 5) is 0. The molecule has 0 atom stereocenters. The van der Waals surface area contributed by atoms with Crippen molar-refractivity contribution in [2.75, 3.05) is 13.2 Å². The second-order valence-electron chi connectivity index (χ2n) is 6.39. The topological polar surface area (TPSA) is 21.3 Å². The highest BCUT2D eigenvalue weighted by Gasteiger charge is 2.35. The van der Waals surface area contributed by atoms with E-state index in [-0.39, 0.29) is 5.60 Å². The minimum Gasteiger partial charge on any atom is -0.373 e. The van der Waals surface area contributed by atoms with Crippen LogP contribution >= 0.6 is 0 Å². The maximum absolute atomic E-state index is 6.36. The normalized spacial score (nSPS) is 24.9. The van der Waals surface area contributed by atoms with Gasteiger partial charge in [-0.3, -0.25) is 0 Å². The SMILES string of the molecule is CC(C)NCC1(OCC2CCCC2)CCCC1. The zero-order valence-electron chi connectivity index (χ0n) is 11.6. The fraction of sp³-hybridized carbons (Fsp3) is 1.00. The van der Waals surface area contributed by atoms with Crippen LogP contribution in [0.4, 0.5) is 0 Å². The second-order valence-corrected chi connectivity index (χ2v) is 6.39. The van der Waals surface area contributed by atoms with E-state index in [0.29, 0.717) is 6.04 Å². The Bertz CT molecular complexity index is 215. The lowest BCUT2D eigenvalue weighted by Gasteiger charge is -2.32. The first-order chi connectivity index (χ1) is 8.20. The summed E-state index contributed by atoms with van der Waals surface area (Å²) in [5.74, 6) is 0.853. The molecule has 0 aromatic carbocycles. The average molecular weight is 239 g/mol. The van der Waals surface area contributed by atoms with E-state index in [1.54, 1.807) is 0 Å². The predicted octanol–water partition coefficient (Wildman–Crippen LogP) is 3.50. The van der Waals surface area contributed by atoms with Crippen LogP contribution in [0.25, 0.3) is 0 Å². The summed E-state index contributed by atoms with van der Waals surface area (Å²) < 4.78 is 6.36. The standard InChI is InChI=1S/C15H29NO/c1-13(2)16-12-15(9-5-6-10-15)17-11-14-7-3-4-8-14/h13-14,16H,3-12H2,1-2H3. The summed E-state index contributed by atoms with van der Waals surface area (Å²) in [6.07, 6.45) is 10.9. The van der Waals surface area contributed by atoms with Gasteiger partial charge < -0.3 is 10.1 Å². The highest BCUT2D eigenvalue weighted by molar-refractivity contribution is 4.89. The molecule has 1 N–H and O–H groups in total. The summed E-state index contributed by atoms with van der Waals surface area (Å²) >= 11 is 0. The fourth-order valence-electron chi connectivity index (χ4n) is 3.25. The minimum absolute atomic E-state index is 0.173. The van der Waals surface area contributed by atoms with Gasteiger partial charge in [0.1, 0.15) is 0 Å². The number of nitrogens with one attached hydrogen (secondary N) is 1. The van der Waals surface area contributed by atoms with Gasteiger partial charge >= 0.3 is 0 Å². The molecule has 100 valence electrons. The molecular formula is C15H29NO. The molecule has 0 radical (unpaired) electrons. The Labute approximate surface area is 107 Å². The van der Waals surface area contributed by atoms with E-state index in [2.05, 4.69) is 19.2 Å². The molecular weight excluding hydrogens is 210 g/mol. The molecule has 0 saturated heterocycles. The van der Waals surface area contributed by atoms with E-state index in [4.69, 9.17) is 4.74 Å². The van der Waals surface area contributed by atoms with E-state index >= 15 is 0 Å². The molecule has 0 aliphatic heterocycles. The first-order valence-corrected chi connectivity index (χ1v) is 7.58. The van der Waals surface area contributed by atoms with Crippen LogP contribution in [0.15, 0.2) is 0 Å². The molecule has 0 amide bonds. The van der Waals surface area contributed by atoms with Crippen molar-refractivity contribution in [1.82, 2.24) is 5.32 Å². The molecule has 2 nitrogen and oxygen atoms in total. The van der Waals surface area contributed by atoms with Crippen molar-refractivity contribution in [3.05, 3.63) is 0 Å². The molecule has 2 rings (SSSR count). The monoisotopic (exact) mass is 239 g/mol. The van der Waals surface area contributed by atoms with E-state index < -0.39 is 0 Å². The van der Waals surface area contributed by atoms with Crippen LogP contribution in [0.3, 0.4) is 0 Å². The zero-order valence-corrected chi connectivity index (χ0v) is 11.6. The van der Waals surface area contributed by atoms with Gasteiger partial charge in [-0.2, -0.15) is 0 Å². The molecule has 2 saturated carbocycles. The van der Waals surface area contributed by atoms with Gasteiger partial charge in [0.25, 0.3) is 0 Å². The summed E-state index contributed by atoms with van der Waals surface area (Å²) in [6.45, 7) is 6.51. The Morgan fingerprint density at radius 3 is 2.35 bits per heavy atom. The highest BCUT2D eigenvalue weighted by atomic mass is 16.5. The third-order valence-corrected chi connectivity index (χ3v) is 4.45. The lowest BCUT2D eigenvalue weighted by atomic mass is 10.0. The van der Waals surface area contributed by atoms with Gasteiger partial charge in [0.2, 0.25) is 0 Å². The molecule has 0 bridgehead atoms. The van der Waals surface area contributed by atoms with Gasteiger partial charge in [-0.1, -0.05) is 39.5 Å². The third kappa shape index (κ3) is 3.96. The number of ether oxygens (including phenoxy) is 1. The third-order valence-electron chi connectivity index (χ3n) is 4.45. The van der Waals surface area contributed by atoms with Crippen LogP contribution in [-0.2, 0) is 4.74 Å². The Kier molecular flexibility index (Phi) is 4.87. The largest absolute Gasteiger partial charge is 0.373 e. The maximum atomic E-state index is 6.36. The Hall–Kier alpha value is -0.0800. The van der Waals surface area contributed by atoms with Crippen LogP contribution in [0.5, 0.6) is 0 Å². The van der Waals surface area contributed by atoms with Gasteiger partial charge in [-0.25, -0.2) is 0 Å². The number of rotatable bonds is 6. The quantitative estimate of drug-likeness (QED) is 0.766. The van der Waals surface area contributed by atoms with Crippen LogP contribution < -0.4 is 5.32 Å². The number of hydrogen-bond donors (Lipinski definition) is 1. The summed E-state index contributed by atoms with van der Waals surface area (Å²) in [5.41, 5.74) is 0.173. The molecule has 2 heteroatoms. The van der Waals surface area contributed by atoms with Gasteiger partial charge in [-0.15, -0.1) is 0 Å². The van der Waals surface area contributed by atoms with Gasteiger partial charge in [0.05, 0.1) is 12.2 Å². The Balaban J connectivity index is 1.78. The van der Waals surface area contributed by atoms with Crippen molar-refractivity contribution in [2.45, 2.75) is 76.9 Å². The molecule has 0 aromatic heterocycles. The fourth-order valence-corrected chi connectivity index (χ4v) is 3.25. The van der Waals surface area contributed by atoms with E-state index in [9.17, 15) is 0 Å². The van der Waals surface area contributed by atoms with E-state index in [0.717, 1.165) is 19.1 Å². The van der Waals surface area contributed by atoms with E-state index in [1.165, 1.54) is 51.4 Å². The minimum atomic E-state index is 0.173. The summed E-state index contributed by atoms with van der Waals surface area (Å²) in [5, 5.41) is 3.58. The summed E-state index contributed by atoms with van der Waals surface area (Å²) in [7, 11) is 0. The lowest BCUT2D eigenvalue weighted by Crippen LogP contribution is -2.43. The van der Waals surface area contributed by atoms with Crippen LogP contribution in [0.1, 0.15) is 65.2 Å². The Morgan fingerprint density at radius 2 is 1.76 bits per heavy atom. The van der Waals surface area contributed by atoms with Crippen molar-refractivity contribution in [3.8, 4) is 0 Å². The first kappa shape index (κ1) is 13.4. The summed E-state index contributed by atoms with van der Waals surface area (Å²) in [6, 6.07) is 0.572. The van der Waals surface area contributed by atoms with Crippen LogP contribution in [0, 0.1) is 5.92 Å². The van der Waals surface area contributed by atoms with Crippen molar-refractivity contribution < 1.29 is 4.74 Å². The second kappa shape index (κ2) is 6.19. The van der Waals surface area contributed by atoms with Crippen molar-refractivity contribution >= 4 is 0 Å². The molecule has 0 unspecified atom stereocenters. The maximum Gasteiger partial charge on any atom is 0.0806 e. The predicted molar refractivity (Wildman–Crippen MR) is 72.2 cm³/mol. The molecule has 2 aliphatic carbocycles. The number of hydrogen-bond acceptors (Lipinski definition) is 2. The van der Waals surface area contributed by atoms with Crippen molar-refractivity contribution in [2.24, 2.45) is 5.92 Å². The average Bonchev–Trinajstić information content (AvgIpc) is 2.96. The van der Waals surface area contributed by atoms with E-state index in [1.807, 2.05) is 0 Å². The van der Waals surface area contributed by atoms with Gasteiger partial charge in [0.15, 0.2) is 0 Å². The molecule has 0 heterocycles. The molecule has 0 aromatic rings. The molecule has 0 spiro atoms. The van der Waals surface area contributed by atoms with Crippen LogP contribution in [-0.4, -0.2) is 24.8 Å². The highest BCUT2D eigenvalue weighted by Crippen LogP contribution is 2.35. The molecule has 17 heavy (non-hydrogen) atoms. The van der Waals surface area contributed by atoms with Crippen molar-refractivity contribution in [1.29, 1.82) is 0 Å². The van der Waals surface area contributed by atoms with Crippen LogP contribution in [0.2, 0.25) is 0 Å². The smallest absolute Gasteiger partial charge is 0.0806 e. The Morgan fingerprint density at radius 1 is 1.12 bits per heavy atom. The molecule has 2 fully saturated rings. The first-order valence-electron chi connectivity index (χ1n) is 7.58. The van der Waals surface area contributed by atoms with Gasteiger partial charge in [0, 0.05) is 12.6 Å².